The maximum absolute atomic E-state index is 6.03. The summed E-state index contributed by atoms with van der Waals surface area (Å²) in [6, 6.07) is 52.9. The number of nitrogens with zero attached hydrogens (tertiary/aromatic N) is 2. The summed E-state index contributed by atoms with van der Waals surface area (Å²) >= 11 is 0. The van der Waals surface area contributed by atoms with E-state index in [9.17, 15) is 0 Å². The van der Waals surface area contributed by atoms with Gasteiger partial charge in [0.05, 0.1) is 12.7 Å². The molecular weight excluding hydrogens is 606 g/mol. The molecule has 0 atom stereocenters. The van der Waals surface area contributed by atoms with Gasteiger partial charge in [0.2, 0.25) is 0 Å². The third-order valence-electron chi connectivity index (χ3n) is 8.72. The highest BCUT2D eigenvalue weighted by Gasteiger charge is 2.28. The van der Waals surface area contributed by atoms with E-state index in [0.717, 1.165) is 11.4 Å². The molecule has 6 aromatic rings. The second-order valence-corrected chi connectivity index (χ2v) is 18.7. The van der Waals surface area contributed by atoms with Gasteiger partial charge in [-0.3, -0.25) is 4.74 Å². The molecule has 0 bridgehead atoms. The predicted molar refractivity (Wildman–Crippen MR) is 211 cm³/mol. The Kier molecular flexibility index (Phi) is 9.56. The molecular formula is C43H43N2P2-. The van der Waals surface area contributed by atoms with Gasteiger partial charge in [0, 0.05) is 10.6 Å². The molecule has 0 aliphatic rings. The van der Waals surface area contributed by atoms with Crippen LogP contribution in [0.5, 0.6) is 0 Å². The first-order chi connectivity index (χ1) is 22.7. The van der Waals surface area contributed by atoms with Gasteiger partial charge in [-0.25, -0.2) is 0 Å². The lowest BCUT2D eigenvalue weighted by Gasteiger charge is -2.46. The van der Waals surface area contributed by atoms with Crippen molar-refractivity contribution in [2.45, 2.75) is 41.5 Å². The first kappa shape index (κ1) is 32.6. The Hall–Kier alpha value is -4.35. The Balaban J connectivity index is 1.88. The summed E-state index contributed by atoms with van der Waals surface area (Å²) in [6.07, 6.45) is 0. The fraction of sp³-hybridized carbons (Fsp3) is 0.140. The van der Waals surface area contributed by atoms with Crippen LogP contribution < -0.4 is 21.2 Å². The van der Waals surface area contributed by atoms with Crippen molar-refractivity contribution in [2.75, 3.05) is 0 Å². The molecule has 0 spiro atoms. The maximum atomic E-state index is 6.03. The zero-order chi connectivity index (χ0) is 33.0. The molecule has 0 saturated heterocycles. The SMILES string of the molecule is Cc1cc(C)c(N=P(C=P([N-]c2c(C)cc(C)cc2C)(c2ccccc2)c2ccccc2)(c2ccccc2)c2ccccc2)c(C)c1. The first-order valence-electron chi connectivity index (χ1n) is 16.2. The van der Waals surface area contributed by atoms with Gasteiger partial charge in [-0.1, -0.05) is 168 Å². The van der Waals surface area contributed by atoms with Crippen molar-refractivity contribution < 1.29 is 0 Å². The molecule has 0 radical (unpaired) electrons. The lowest BCUT2D eigenvalue weighted by Crippen LogP contribution is -2.23. The van der Waals surface area contributed by atoms with E-state index in [0.29, 0.717) is 0 Å². The molecule has 0 heterocycles. The Morgan fingerprint density at radius 1 is 0.447 bits per heavy atom. The number of aryl methyl sites for hydroxylation is 6. The fourth-order valence-electron chi connectivity index (χ4n) is 6.69. The summed E-state index contributed by atoms with van der Waals surface area (Å²) in [5, 5.41) is 10.9. The standard InChI is InChI=1S/C43H43N2P2/c1-32-27-34(3)42(35(4)28-32)44-46(38-19-11-7-12-20-38,39-21-13-8-14-22-39)31-47(40-23-15-9-16-24-40,41-25-17-10-18-26-41)45-43-36(5)29-33(2)30-37(43)6/h7-31H,1-6H3/q-1. The molecule has 6 rings (SSSR count). The van der Waals surface area contributed by atoms with Gasteiger partial charge in [-0.15, -0.1) is 12.7 Å². The summed E-state index contributed by atoms with van der Waals surface area (Å²) in [5.41, 5.74) is 12.0. The Labute approximate surface area is 281 Å². The van der Waals surface area contributed by atoms with Gasteiger partial charge < -0.3 is 5.09 Å². The topological polar surface area (TPSA) is 26.5 Å². The van der Waals surface area contributed by atoms with Gasteiger partial charge in [0.15, 0.2) is 0 Å². The number of rotatable bonds is 8. The Morgan fingerprint density at radius 3 is 1.17 bits per heavy atom. The molecule has 0 aromatic heterocycles. The molecule has 47 heavy (non-hydrogen) atoms. The van der Waals surface area contributed by atoms with Crippen molar-refractivity contribution in [3.05, 3.63) is 184 Å². The van der Waals surface area contributed by atoms with E-state index in [-0.39, 0.29) is 0 Å². The molecule has 0 amide bonds. The van der Waals surface area contributed by atoms with Crippen molar-refractivity contribution in [3.63, 3.8) is 0 Å². The van der Waals surface area contributed by atoms with E-state index in [2.05, 4.69) is 193 Å². The highest BCUT2D eigenvalue weighted by Crippen LogP contribution is 2.64. The van der Waals surface area contributed by atoms with Crippen molar-refractivity contribution in [2.24, 2.45) is 4.74 Å². The quantitative estimate of drug-likeness (QED) is 0.147. The molecule has 0 N–H and O–H groups in total. The van der Waals surface area contributed by atoms with Crippen LogP contribution in [0.3, 0.4) is 0 Å². The molecule has 236 valence electrons. The van der Waals surface area contributed by atoms with E-state index in [4.69, 9.17) is 9.83 Å². The average molecular weight is 650 g/mol. The van der Waals surface area contributed by atoms with Crippen LogP contribution in [0.4, 0.5) is 11.4 Å². The number of benzene rings is 6. The average Bonchev–Trinajstić information content (AvgIpc) is 3.08. The van der Waals surface area contributed by atoms with Crippen LogP contribution >= 0.6 is 14.1 Å². The third-order valence-corrected chi connectivity index (χ3v) is 16.8. The fourth-order valence-corrected chi connectivity index (χ4v) is 16.0. The molecule has 0 fully saturated rings. The second-order valence-electron chi connectivity index (χ2n) is 12.5. The van der Waals surface area contributed by atoms with Gasteiger partial charge >= 0.3 is 0 Å². The molecule has 2 nitrogen and oxygen atoms in total. The molecule has 0 saturated carbocycles. The molecule has 6 aromatic carbocycles. The van der Waals surface area contributed by atoms with E-state index in [1.54, 1.807) is 0 Å². The summed E-state index contributed by atoms with van der Waals surface area (Å²) in [7, 11) is -5.33. The van der Waals surface area contributed by atoms with Gasteiger partial charge in [0.1, 0.15) is 0 Å². The molecule has 0 aliphatic carbocycles. The molecule has 0 aliphatic heterocycles. The van der Waals surface area contributed by atoms with Crippen LogP contribution in [-0.4, -0.2) is 5.54 Å². The highest BCUT2D eigenvalue weighted by molar-refractivity contribution is 8.09. The highest BCUT2D eigenvalue weighted by atomic mass is 31.2. The minimum Gasteiger partial charge on any atom is -0.652 e. The number of hydrogen-bond donors (Lipinski definition) is 0. The first-order valence-corrected chi connectivity index (χ1v) is 19.8. The molecule has 0 unspecified atom stereocenters. The van der Waals surface area contributed by atoms with Gasteiger partial charge in [-0.2, -0.15) is 0 Å². The van der Waals surface area contributed by atoms with Crippen molar-refractivity contribution in [1.82, 2.24) is 0 Å². The van der Waals surface area contributed by atoms with Crippen LogP contribution in [0.2, 0.25) is 0 Å². The van der Waals surface area contributed by atoms with Crippen LogP contribution in [0.1, 0.15) is 33.4 Å². The van der Waals surface area contributed by atoms with E-state index < -0.39 is 14.1 Å². The second kappa shape index (κ2) is 13.8. The maximum Gasteiger partial charge on any atom is 0.0683 e. The van der Waals surface area contributed by atoms with Crippen molar-refractivity contribution in [1.29, 1.82) is 0 Å². The lowest BCUT2D eigenvalue weighted by molar-refractivity contribution is 1.29. The zero-order valence-corrected chi connectivity index (χ0v) is 30.0. The lowest BCUT2D eigenvalue weighted by atomic mass is 10.1. The largest absolute Gasteiger partial charge is 0.652 e. The van der Waals surface area contributed by atoms with Crippen LogP contribution in [0.25, 0.3) is 5.09 Å². The Morgan fingerprint density at radius 2 is 0.787 bits per heavy atom. The summed E-state index contributed by atoms with van der Waals surface area (Å²) in [4.78, 5) is 0. The normalized spacial score (nSPS) is 11.6. The van der Waals surface area contributed by atoms with E-state index in [1.165, 1.54) is 54.6 Å². The van der Waals surface area contributed by atoms with E-state index in [1.807, 2.05) is 0 Å². The molecule has 4 heteroatoms. The van der Waals surface area contributed by atoms with Gasteiger partial charge in [-0.05, 0) is 68.8 Å². The van der Waals surface area contributed by atoms with Crippen LogP contribution in [0.15, 0.2) is 150 Å². The summed E-state index contributed by atoms with van der Waals surface area (Å²) in [6.45, 7) is 13.1. The predicted octanol–water partition coefficient (Wildman–Crippen LogP) is 11.1. The third kappa shape index (κ3) is 6.59. The monoisotopic (exact) mass is 649 g/mol. The summed E-state index contributed by atoms with van der Waals surface area (Å²) < 4.78 is 6.03. The smallest absolute Gasteiger partial charge is 0.0683 e. The van der Waals surface area contributed by atoms with Gasteiger partial charge in [0.25, 0.3) is 0 Å². The van der Waals surface area contributed by atoms with Crippen molar-refractivity contribution in [3.8, 4) is 0 Å². The zero-order valence-electron chi connectivity index (χ0n) is 28.2. The minimum atomic E-state index is -2.67. The van der Waals surface area contributed by atoms with Crippen LogP contribution in [-0.2, 0) is 0 Å². The van der Waals surface area contributed by atoms with Crippen LogP contribution in [0, 0.1) is 41.5 Å². The number of hydrogen-bond acceptors (Lipinski definition) is 1. The summed E-state index contributed by atoms with van der Waals surface area (Å²) in [5.74, 6) is 0. The van der Waals surface area contributed by atoms with E-state index >= 15 is 0 Å². The Bertz CT molecular complexity index is 1980. The van der Waals surface area contributed by atoms with Crippen molar-refractivity contribution >= 4 is 52.2 Å². The minimum absolute atomic E-state index is 1.06.